The van der Waals surface area contributed by atoms with Gasteiger partial charge in [-0.1, -0.05) is 66.7 Å². The highest BCUT2D eigenvalue weighted by Crippen LogP contribution is 2.39. The fourth-order valence-corrected chi connectivity index (χ4v) is 4.68. The normalized spacial score (nSPS) is 14.1. The Morgan fingerprint density at radius 2 is 1.61 bits per heavy atom. The van der Waals surface area contributed by atoms with Gasteiger partial charge in [-0.15, -0.1) is 0 Å². The molecule has 1 amide bonds. The van der Waals surface area contributed by atoms with Gasteiger partial charge in [0.25, 0.3) is 5.91 Å². The second kappa shape index (κ2) is 11.4. The lowest BCUT2D eigenvalue weighted by Crippen LogP contribution is -2.21. The van der Waals surface area contributed by atoms with E-state index in [1.54, 1.807) is 30.3 Å². The molecule has 1 heterocycles. The van der Waals surface area contributed by atoms with Gasteiger partial charge in [0.2, 0.25) is 0 Å². The Morgan fingerprint density at radius 3 is 2.32 bits per heavy atom. The number of ether oxygens (including phenoxy) is 2. The predicted molar refractivity (Wildman–Crippen MR) is 151 cm³/mol. The van der Waals surface area contributed by atoms with E-state index in [1.807, 2.05) is 73.7 Å². The summed E-state index contributed by atoms with van der Waals surface area (Å²) in [6.07, 6.45) is 1.80. The molecule has 0 saturated carbocycles. The minimum atomic E-state index is -0.335. The van der Waals surface area contributed by atoms with Crippen LogP contribution in [0.5, 0.6) is 11.5 Å². The first-order valence-electron chi connectivity index (χ1n) is 12.1. The third kappa shape index (κ3) is 5.38. The number of rotatable bonds is 8. The fraction of sp³-hybridized carbons (Fsp3) is 0.0968. The summed E-state index contributed by atoms with van der Waals surface area (Å²) in [5.41, 5.74) is 3.71. The molecular formula is C31H24BrFN2O3. The summed E-state index contributed by atoms with van der Waals surface area (Å²) in [6, 6.07) is 29.0. The van der Waals surface area contributed by atoms with E-state index in [2.05, 4.69) is 21.0 Å². The highest BCUT2D eigenvalue weighted by Gasteiger charge is 2.32. The second-order valence-electron chi connectivity index (χ2n) is 8.47. The van der Waals surface area contributed by atoms with Crippen LogP contribution >= 0.6 is 15.9 Å². The molecule has 0 aliphatic carbocycles. The number of anilines is 1. The summed E-state index contributed by atoms with van der Waals surface area (Å²) in [7, 11) is 0. The molecular weight excluding hydrogens is 547 g/mol. The molecule has 1 aliphatic heterocycles. The lowest BCUT2D eigenvalue weighted by molar-refractivity contribution is -0.114. The molecule has 4 aromatic rings. The molecule has 190 valence electrons. The van der Waals surface area contributed by atoms with Crippen molar-refractivity contribution < 1.29 is 18.7 Å². The first-order chi connectivity index (χ1) is 18.5. The summed E-state index contributed by atoms with van der Waals surface area (Å²) in [4.78, 5) is 13.6. The van der Waals surface area contributed by atoms with E-state index in [0.717, 1.165) is 11.1 Å². The van der Waals surface area contributed by atoms with Gasteiger partial charge >= 0.3 is 0 Å². The Balaban J connectivity index is 1.52. The van der Waals surface area contributed by atoms with Gasteiger partial charge in [0.15, 0.2) is 11.5 Å². The minimum Gasteiger partial charge on any atom is -0.490 e. The lowest BCUT2D eigenvalue weighted by Gasteiger charge is -2.15. The largest absolute Gasteiger partial charge is 0.490 e. The molecule has 7 heteroatoms. The third-order valence-electron chi connectivity index (χ3n) is 5.90. The van der Waals surface area contributed by atoms with Crippen LogP contribution < -0.4 is 14.5 Å². The molecule has 0 unspecified atom stereocenters. The number of nitrogens with zero attached hydrogens (tertiary/aromatic N) is 2. The molecule has 1 aliphatic rings. The van der Waals surface area contributed by atoms with E-state index in [4.69, 9.17) is 9.47 Å². The highest BCUT2D eigenvalue weighted by atomic mass is 79.9. The number of halogens is 2. The Morgan fingerprint density at radius 1 is 0.921 bits per heavy atom. The Bertz CT molecular complexity index is 1520. The molecule has 0 spiro atoms. The number of benzene rings is 4. The van der Waals surface area contributed by atoms with Crippen LogP contribution in [0.15, 0.2) is 112 Å². The van der Waals surface area contributed by atoms with Crippen LogP contribution in [-0.4, -0.2) is 18.2 Å². The smallest absolute Gasteiger partial charge is 0.281 e. The van der Waals surface area contributed by atoms with Gasteiger partial charge in [-0.3, -0.25) is 4.79 Å². The van der Waals surface area contributed by atoms with Gasteiger partial charge in [0.1, 0.15) is 18.1 Å². The molecule has 0 aromatic heterocycles. The summed E-state index contributed by atoms with van der Waals surface area (Å²) in [5, 5.41) is 6.10. The molecule has 0 saturated heterocycles. The zero-order valence-electron chi connectivity index (χ0n) is 20.6. The molecule has 5 rings (SSSR count). The summed E-state index contributed by atoms with van der Waals surface area (Å²) >= 11 is 3.58. The van der Waals surface area contributed by atoms with E-state index in [1.165, 1.54) is 11.1 Å². The number of carbonyl (C=O) groups excluding carboxylic acids is 1. The Hall–Kier alpha value is -4.23. The standard InChI is InChI=1S/C31H24BrFN2O3/c1-2-37-28-19-21(18-26(32)30(28)38-20-23-13-9-10-16-27(23)33)17-25-29(22-11-5-3-6-12-22)34-35(31(25)36)24-14-7-4-8-15-24/h3-19H,2,20H2,1H3/b25-17-. The van der Waals surface area contributed by atoms with Crippen molar-refractivity contribution in [1.29, 1.82) is 0 Å². The molecule has 0 bridgehead atoms. The maximum absolute atomic E-state index is 14.1. The van der Waals surface area contributed by atoms with E-state index in [0.29, 0.717) is 45.1 Å². The van der Waals surface area contributed by atoms with Crippen molar-refractivity contribution in [3.8, 4) is 11.5 Å². The number of carbonyl (C=O) groups is 1. The number of hydrazone groups is 1. The molecule has 0 N–H and O–H groups in total. The van der Waals surface area contributed by atoms with E-state index >= 15 is 0 Å². The number of amides is 1. The summed E-state index contributed by atoms with van der Waals surface area (Å²) in [5.74, 6) is 0.369. The van der Waals surface area contributed by atoms with E-state index in [-0.39, 0.29) is 18.3 Å². The molecule has 0 radical (unpaired) electrons. The van der Waals surface area contributed by atoms with Crippen LogP contribution in [0.1, 0.15) is 23.6 Å². The Kier molecular flexibility index (Phi) is 7.65. The monoisotopic (exact) mass is 570 g/mol. The lowest BCUT2D eigenvalue weighted by atomic mass is 10.00. The van der Waals surface area contributed by atoms with Gasteiger partial charge in [0.05, 0.1) is 22.3 Å². The van der Waals surface area contributed by atoms with Crippen molar-refractivity contribution in [2.75, 3.05) is 11.6 Å². The van der Waals surface area contributed by atoms with Gasteiger partial charge in [0, 0.05) is 11.1 Å². The summed E-state index contributed by atoms with van der Waals surface area (Å²) in [6.45, 7) is 2.32. The van der Waals surface area contributed by atoms with Crippen molar-refractivity contribution in [1.82, 2.24) is 0 Å². The van der Waals surface area contributed by atoms with Gasteiger partial charge in [-0.05, 0) is 64.8 Å². The van der Waals surface area contributed by atoms with E-state index < -0.39 is 0 Å². The van der Waals surface area contributed by atoms with Crippen molar-refractivity contribution in [3.63, 3.8) is 0 Å². The average Bonchev–Trinajstić information content (AvgIpc) is 3.26. The average molecular weight is 571 g/mol. The van der Waals surface area contributed by atoms with Crippen LogP contribution in [0, 0.1) is 5.82 Å². The first-order valence-corrected chi connectivity index (χ1v) is 12.9. The van der Waals surface area contributed by atoms with Crippen molar-refractivity contribution >= 4 is 39.3 Å². The third-order valence-corrected chi connectivity index (χ3v) is 6.49. The summed E-state index contributed by atoms with van der Waals surface area (Å²) < 4.78 is 26.6. The minimum absolute atomic E-state index is 0.0428. The molecule has 0 atom stereocenters. The number of para-hydroxylation sites is 1. The highest BCUT2D eigenvalue weighted by molar-refractivity contribution is 9.10. The van der Waals surface area contributed by atoms with Crippen molar-refractivity contribution in [2.24, 2.45) is 5.10 Å². The van der Waals surface area contributed by atoms with Crippen LogP contribution in [0.25, 0.3) is 6.08 Å². The quantitative estimate of drug-likeness (QED) is 0.207. The zero-order valence-corrected chi connectivity index (χ0v) is 22.2. The maximum Gasteiger partial charge on any atom is 0.281 e. The second-order valence-corrected chi connectivity index (χ2v) is 9.32. The molecule has 0 fully saturated rings. The van der Waals surface area contributed by atoms with Crippen LogP contribution in [-0.2, 0) is 11.4 Å². The van der Waals surface area contributed by atoms with Gasteiger partial charge < -0.3 is 9.47 Å². The van der Waals surface area contributed by atoms with Crippen LogP contribution in [0.4, 0.5) is 10.1 Å². The van der Waals surface area contributed by atoms with E-state index in [9.17, 15) is 9.18 Å². The van der Waals surface area contributed by atoms with Gasteiger partial charge in [-0.25, -0.2) is 4.39 Å². The fourth-order valence-electron chi connectivity index (χ4n) is 4.10. The van der Waals surface area contributed by atoms with Crippen molar-refractivity contribution in [2.45, 2.75) is 13.5 Å². The van der Waals surface area contributed by atoms with Crippen LogP contribution in [0.2, 0.25) is 0 Å². The first kappa shape index (κ1) is 25.4. The topological polar surface area (TPSA) is 51.1 Å². The van der Waals surface area contributed by atoms with Crippen LogP contribution in [0.3, 0.4) is 0 Å². The maximum atomic E-state index is 14.1. The Labute approximate surface area is 229 Å². The van der Waals surface area contributed by atoms with Crippen molar-refractivity contribution in [3.05, 3.63) is 130 Å². The predicted octanol–water partition coefficient (Wildman–Crippen LogP) is 7.40. The SMILES string of the molecule is CCOc1cc(/C=C2\C(=O)N(c3ccccc3)N=C2c2ccccc2)cc(Br)c1OCc1ccccc1F. The molecule has 5 nitrogen and oxygen atoms in total. The van der Waals surface area contributed by atoms with Gasteiger partial charge in [-0.2, -0.15) is 10.1 Å². The molecule has 4 aromatic carbocycles. The molecule has 38 heavy (non-hydrogen) atoms. The number of hydrogen-bond acceptors (Lipinski definition) is 4. The zero-order chi connectivity index (χ0) is 26.5. The number of hydrogen-bond donors (Lipinski definition) is 0.